The first kappa shape index (κ1) is 12.9. The van der Waals surface area contributed by atoms with E-state index >= 15 is 0 Å². The molecule has 0 aromatic rings. The van der Waals surface area contributed by atoms with Crippen molar-refractivity contribution in [2.75, 3.05) is 27.2 Å². The topological polar surface area (TPSA) is 32.5 Å². The molecule has 0 saturated carbocycles. The highest BCUT2D eigenvalue weighted by Crippen LogP contribution is 2.16. The Morgan fingerprint density at radius 3 is 2.80 bits per heavy atom. The van der Waals surface area contributed by atoms with E-state index in [1.807, 2.05) is 0 Å². The highest BCUT2D eigenvalue weighted by Gasteiger charge is 2.23. The number of hydrogen-bond acceptors (Lipinski definition) is 3. The van der Waals surface area contributed by atoms with E-state index in [1.165, 1.54) is 19.4 Å². The monoisotopic (exact) mass is 229 g/mol. The number of nitrogens with zero attached hydrogens (tertiary/aromatic N) is 2. The first-order chi connectivity index (χ1) is 7.00. The van der Waals surface area contributed by atoms with Crippen LogP contribution in [0.4, 0.5) is 0 Å². The highest BCUT2D eigenvalue weighted by molar-refractivity contribution is 7.80. The average Bonchev–Trinajstić information content (AvgIpc) is 2.50. The van der Waals surface area contributed by atoms with E-state index in [1.54, 1.807) is 0 Å². The summed E-state index contributed by atoms with van der Waals surface area (Å²) in [6, 6.07) is 1.17. The van der Waals surface area contributed by atoms with Crippen LogP contribution < -0.4 is 5.73 Å². The summed E-state index contributed by atoms with van der Waals surface area (Å²) in [4.78, 5) is 5.43. The van der Waals surface area contributed by atoms with Crippen molar-refractivity contribution in [2.45, 2.75) is 38.3 Å². The zero-order valence-corrected chi connectivity index (χ0v) is 10.9. The molecular formula is C11H23N3S. The molecule has 4 heteroatoms. The van der Waals surface area contributed by atoms with Crippen molar-refractivity contribution >= 4 is 17.2 Å². The van der Waals surface area contributed by atoms with Gasteiger partial charge >= 0.3 is 0 Å². The quantitative estimate of drug-likeness (QED) is 0.715. The van der Waals surface area contributed by atoms with Gasteiger partial charge in [-0.15, -0.1) is 0 Å². The van der Waals surface area contributed by atoms with Crippen LogP contribution in [0.25, 0.3) is 0 Å². The fourth-order valence-electron chi connectivity index (χ4n) is 2.17. The molecule has 88 valence electrons. The fourth-order valence-corrected chi connectivity index (χ4v) is 2.41. The third-order valence-corrected chi connectivity index (χ3v) is 3.59. The molecule has 1 aliphatic heterocycles. The van der Waals surface area contributed by atoms with Crippen LogP contribution >= 0.6 is 12.2 Å². The second kappa shape index (κ2) is 5.77. The zero-order chi connectivity index (χ0) is 11.4. The number of rotatable bonds is 5. The maximum Gasteiger partial charge on any atom is 0.0742 e. The summed E-state index contributed by atoms with van der Waals surface area (Å²) in [7, 11) is 4.37. The molecule has 1 rings (SSSR count). The zero-order valence-electron chi connectivity index (χ0n) is 10.1. The van der Waals surface area contributed by atoms with E-state index in [2.05, 4.69) is 30.8 Å². The molecule has 0 aromatic heterocycles. The van der Waals surface area contributed by atoms with E-state index in [0.29, 0.717) is 17.1 Å². The summed E-state index contributed by atoms with van der Waals surface area (Å²) < 4.78 is 0. The van der Waals surface area contributed by atoms with Gasteiger partial charge in [-0.25, -0.2) is 0 Å². The van der Waals surface area contributed by atoms with Crippen molar-refractivity contribution < 1.29 is 0 Å². The predicted molar refractivity (Wildman–Crippen MR) is 69.1 cm³/mol. The Morgan fingerprint density at radius 2 is 2.33 bits per heavy atom. The average molecular weight is 229 g/mol. The lowest BCUT2D eigenvalue weighted by Crippen LogP contribution is -2.41. The summed E-state index contributed by atoms with van der Waals surface area (Å²) in [6.07, 6.45) is 3.47. The predicted octanol–water partition coefficient (Wildman–Crippen LogP) is 1.08. The molecule has 2 atom stereocenters. The van der Waals surface area contributed by atoms with Gasteiger partial charge in [0, 0.05) is 25.0 Å². The molecule has 3 nitrogen and oxygen atoms in total. The normalized spacial score (nSPS) is 24.7. The van der Waals surface area contributed by atoms with Crippen molar-refractivity contribution in [1.29, 1.82) is 0 Å². The minimum atomic E-state index is 0.455. The lowest BCUT2D eigenvalue weighted by molar-refractivity contribution is 0.187. The number of likely N-dealkylation sites (tertiary alicyclic amines) is 1. The molecule has 0 aliphatic carbocycles. The third kappa shape index (κ3) is 4.05. The standard InChI is InChI=1S/C11H23N3S/c1-9(7-11(12)15)14(3)8-10-5-4-6-13(10)2/h9-10H,4-8H2,1-3H3,(H2,12,15). The van der Waals surface area contributed by atoms with Crippen LogP contribution in [0.1, 0.15) is 26.2 Å². The van der Waals surface area contributed by atoms with Gasteiger partial charge in [-0.2, -0.15) is 0 Å². The Bertz CT molecular complexity index is 220. The van der Waals surface area contributed by atoms with Gasteiger partial charge in [-0.1, -0.05) is 12.2 Å². The van der Waals surface area contributed by atoms with Crippen molar-refractivity contribution in [1.82, 2.24) is 9.80 Å². The van der Waals surface area contributed by atoms with Gasteiger partial charge in [0.05, 0.1) is 4.99 Å². The van der Waals surface area contributed by atoms with Crippen LogP contribution in [0.2, 0.25) is 0 Å². The van der Waals surface area contributed by atoms with Crippen LogP contribution in [0, 0.1) is 0 Å². The molecule has 0 bridgehead atoms. The van der Waals surface area contributed by atoms with Gasteiger partial charge in [0.2, 0.25) is 0 Å². The van der Waals surface area contributed by atoms with Crippen LogP contribution in [-0.2, 0) is 0 Å². The summed E-state index contributed by atoms with van der Waals surface area (Å²) in [5.41, 5.74) is 5.56. The summed E-state index contributed by atoms with van der Waals surface area (Å²) >= 11 is 4.94. The molecule has 1 aliphatic rings. The maximum absolute atomic E-state index is 5.56. The van der Waals surface area contributed by atoms with Gasteiger partial charge in [0.15, 0.2) is 0 Å². The summed E-state index contributed by atoms with van der Waals surface area (Å²) in [5, 5.41) is 0. The van der Waals surface area contributed by atoms with Crippen LogP contribution in [-0.4, -0.2) is 54.1 Å². The first-order valence-electron chi connectivity index (χ1n) is 5.69. The van der Waals surface area contributed by atoms with Crippen LogP contribution in [0.5, 0.6) is 0 Å². The van der Waals surface area contributed by atoms with Gasteiger partial charge in [0.25, 0.3) is 0 Å². The summed E-state index contributed by atoms with van der Waals surface area (Å²) in [5.74, 6) is 0. The first-order valence-corrected chi connectivity index (χ1v) is 6.10. The molecule has 1 saturated heterocycles. The third-order valence-electron chi connectivity index (χ3n) is 3.42. The van der Waals surface area contributed by atoms with Crippen molar-refractivity contribution in [3.8, 4) is 0 Å². The Labute approximate surface area is 98.6 Å². The van der Waals surface area contributed by atoms with Gasteiger partial charge in [-0.05, 0) is 40.4 Å². The van der Waals surface area contributed by atoms with Gasteiger partial charge in [0.1, 0.15) is 0 Å². The van der Waals surface area contributed by atoms with E-state index < -0.39 is 0 Å². The van der Waals surface area contributed by atoms with Crippen molar-refractivity contribution in [3.63, 3.8) is 0 Å². The molecular weight excluding hydrogens is 206 g/mol. The highest BCUT2D eigenvalue weighted by atomic mass is 32.1. The fraction of sp³-hybridized carbons (Fsp3) is 0.909. The molecule has 1 heterocycles. The second-order valence-electron chi connectivity index (χ2n) is 4.74. The molecule has 1 fully saturated rings. The van der Waals surface area contributed by atoms with Gasteiger partial charge in [-0.3, -0.25) is 0 Å². The lowest BCUT2D eigenvalue weighted by atomic mass is 10.1. The van der Waals surface area contributed by atoms with E-state index in [4.69, 9.17) is 18.0 Å². The minimum Gasteiger partial charge on any atom is -0.393 e. The number of thiocarbonyl (C=S) groups is 1. The summed E-state index contributed by atoms with van der Waals surface area (Å²) in [6.45, 7) is 4.55. The molecule has 2 unspecified atom stereocenters. The largest absolute Gasteiger partial charge is 0.393 e. The lowest BCUT2D eigenvalue weighted by Gasteiger charge is -2.30. The SMILES string of the molecule is CC(CC(N)=S)N(C)CC1CCCN1C. The van der Waals surface area contributed by atoms with Gasteiger partial charge < -0.3 is 15.5 Å². The minimum absolute atomic E-state index is 0.455. The Morgan fingerprint density at radius 1 is 1.67 bits per heavy atom. The second-order valence-corrected chi connectivity index (χ2v) is 5.26. The molecule has 15 heavy (non-hydrogen) atoms. The van der Waals surface area contributed by atoms with E-state index in [9.17, 15) is 0 Å². The number of likely N-dealkylation sites (N-methyl/N-ethyl adjacent to an activating group) is 2. The molecule has 0 aromatic carbocycles. The Balaban J connectivity index is 2.33. The maximum atomic E-state index is 5.56. The van der Waals surface area contributed by atoms with Crippen molar-refractivity contribution in [2.24, 2.45) is 5.73 Å². The number of hydrogen-bond donors (Lipinski definition) is 1. The molecule has 0 radical (unpaired) electrons. The molecule has 0 spiro atoms. The van der Waals surface area contributed by atoms with Crippen LogP contribution in [0.3, 0.4) is 0 Å². The number of nitrogens with two attached hydrogens (primary N) is 1. The van der Waals surface area contributed by atoms with E-state index in [0.717, 1.165) is 13.0 Å². The van der Waals surface area contributed by atoms with E-state index in [-0.39, 0.29) is 0 Å². The Hall–Kier alpha value is -0.190. The van der Waals surface area contributed by atoms with Crippen LogP contribution in [0.15, 0.2) is 0 Å². The smallest absolute Gasteiger partial charge is 0.0742 e. The molecule has 0 amide bonds. The van der Waals surface area contributed by atoms with Crippen molar-refractivity contribution in [3.05, 3.63) is 0 Å². The molecule has 2 N–H and O–H groups in total. The Kier molecular flexibility index (Phi) is 4.96.